The average Bonchev–Trinajstić information content (AvgIpc) is 1.08. The molecule has 0 spiro atoms. The Morgan fingerprint density at radius 3 is 0.607 bits per heavy atom. The number of benzene rings is 4. The molecule has 0 bridgehead atoms. The van der Waals surface area contributed by atoms with Gasteiger partial charge in [0.15, 0.2) is 0 Å². The molecule has 1 aliphatic heterocycles. The van der Waals surface area contributed by atoms with Crippen molar-refractivity contribution < 1.29 is 125 Å². The van der Waals surface area contributed by atoms with Crippen molar-refractivity contribution >= 4 is 44.1 Å². The fourth-order valence-electron chi connectivity index (χ4n) is 8.94. The molecule has 1 heterocycles. The van der Waals surface area contributed by atoms with Gasteiger partial charge < -0.3 is 0 Å². The molecule has 4 aromatic rings. The van der Waals surface area contributed by atoms with Gasteiger partial charge in [0.1, 0.15) is 6.15 Å². The van der Waals surface area contributed by atoms with Gasteiger partial charge in [-0.2, -0.15) is 127 Å². The number of rotatable bonds is 6. The van der Waals surface area contributed by atoms with Crippen molar-refractivity contribution in [1.29, 1.82) is 0 Å². The van der Waals surface area contributed by atoms with E-state index < -0.39 is 211 Å². The first kappa shape index (κ1) is 74.1. The Kier molecular flexibility index (Phi) is 23.2. The zero-order valence-electron chi connectivity index (χ0n) is 45.6. The van der Waals surface area contributed by atoms with Crippen molar-refractivity contribution in [2.75, 3.05) is 26.4 Å². The summed E-state index contributed by atoms with van der Waals surface area (Å²) < 4.78 is 346. The predicted octanol–water partition coefficient (Wildman–Crippen LogP) is 18.1. The van der Waals surface area contributed by atoms with Crippen molar-refractivity contribution in [1.82, 2.24) is 9.56 Å². The molecule has 84 heavy (non-hydrogen) atoms. The van der Waals surface area contributed by atoms with Gasteiger partial charge in [-0.05, 0) is 97.1 Å². The first-order valence-corrected chi connectivity index (χ1v) is 28.7. The molecule has 4 aromatic carbocycles. The fraction of sp³-hybridized carbons (Fsp3) is 0.444. The molecule has 30 heteroatoms. The first-order valence-electron chi connectivity index (χ1n) is 24.8. The molecule has 0 amide bonds. The van der Waals surface area contributed by atoms with Crippen LogP contribution in [0.2, 0.25) is 0 Å². The van der Waals surface area contributed by atoms with Gasteiger partial charge in [0, 0.05) is 19.5 Å². The van der Waals surface area contributed by atoms with Gasteiger partial charge in [0.05, 0.1) is 97.4 Å². The topological polar surface area (TPSA) is 6.48 Å². The van der Waals surface area contributed by atoms with Crippen LogP contribution >= 0.6 is 16.1 Å². The van der Waals surface area contributed by atoms with E-state index in [1.54, 1.807) is 0 Å². The molecule has 2 unspecified atom stereocenters. The molecular formula is C54H56BF24N2P2Rh+. The van der Waals surface area contributed by atoms with Gasteiger partial charge in [-0.25, -0.2) is 0 Å². The van der Waals surface area contributed by atoms with Gasteiger partial charge >= 0.3 is 49.4 Å². The molecular weight excluding hydrogens is 1310 g/mol. The van der Waals surface area contributed by atoms with Crippen molar-refractivity contribution in [3.63, 3.8) is 0 Å². The largest absolute Gasteiger partial charge is 0.416 e. The predicted molar refractivity (Wildman–Crippen MR) is 277 cm³/mol. The number of hydrazine groups is 1. The third-order valence-corrected chi connectivity index (χ3v) is 20.6. The van der Waals surface area contributed by atoms with Gasteiger partial charge in [-0.15, -0.1) is 0 Å². The quantitative estimate of drug-likeness (QED) is 0.0822. The van der Waals surface area contributed by atoms with Crippen molar-refractivity contribution in [3.05, 3.63) is 154 Å². The zero-order valence-corrected chi connectivity index (χ0v) is 49.2. The monoisotopic (exact) mass is 1360 g/mol. The van der Waals surface area contributed by atoms with Gasteiger partial charge in [-0.3, -0.25) is 0 Å². The number of nitrogens with zero attached hydrogens (tertiary/aromatic N) is 2. The number of hydrogen-bond acceptors (Lipinski definition) is 2. The zero-order chi connectivity index (χ0) is 63.9. The van der Waals surface area contributed by atoms with E-state index in [-0.39, 0.29) is 19.5 Å². The summed E-state index contributed by atoms with van der Waals surface area (Å²) in [5.41, 5.74) is -28.8. The first-order chi connectivity index (χ1) is 37.2. The molecule has 0 N–H and O–H groups in total. The van der Waals surface area contributed by atoms with Crippen LogP contribution in [0.4, 0.5) is 105 Å². The van der Waals surface area contributed by atoms with E-state index in [0.29, 0.717) is 10.3 Å². The van der Waals surface area contributed by atoms with Crippen molar-refractivity contribution in [2.45, 2.75) is 127 Å². The van der Waals surface area contributed by atoms with Crippen molar-refractivity contribution in [2.24, 2.45) is 0 Å². The third kappa shape index (κ3) is 18.9. The van der Waals surface area contributed by atoms with Crippen LogP contribution in [0.25, 0.3) is 0 Å². The molecule has 1 fully saturated rings. The second kappa shape index (κ2) is 26.3. The van der Waals surface area contributed by atoms with Crippen LogP contribution in [-0.2, 0) is 68.9 Å². The summed E-state index contributed by atoms with van der Waals surface area (Å²) in [6.45, 7) is 25.6. The summed E-state index contributed by atoms with van der Waals surface area (Å²) >= 11 is 0. The maximum absolute atomic E-state index is 14.2. The van der Waals surface area contributed by atoms with Crippen LogP contribution in [0.5, 0.6) is 0 Å². The van der Waals surface area contributed by atoms with Crippen LogP contribution < -0.4 is 21.9 Å². The Morgan fingerprint density at radius 1 is 0.321 bits per heavy atom. The molecule has 2 atom stereocenters. The van der Waals surface area contributed by atoms with Crippen LogP contribution in [0.1, 0.15) is 112 Å². The summed E-state index contributed by atoms with van der Waals surface area (Å²) in [4.78, 5) is 0. The molecule has 1 saturated heterocycles. The van der Waals surface area contributed by atoms with E-state index in [4.69, 9.17) is 0 Å². The summed E-state index contributed by atoms with van der Waals surface area (Å²) in [5, 5.41) is 0.821. The van der Waals surface area contributed by atoms with Crippen LogP contribution in [0.15, 0.2) is 109 Å². The Balaban J connectivity index is 0.000000559. The maximum atomic E-state index is 14.2. The molecule has 6 rings (SSSR count). The minimum Gasteiger partial charge on any atom is -0.194 e. The van der Waals surface area contributed by atoms with E-state index in [1.807, 2.05) is 0 Å². The van der Waals surface area contributed by atoms with Crippen LogP contribution in [0.3, 0.4) is 0 Å². The standard InChI is InChI=1S/C32H12BF24.C14H30N2P2.C8H12.Rh/c34-25(35,36)13-1-14(26(37,38)39)6-21(5-13)33(22-7-15(27(40,41)42)2-16(8-22)28(43,44)45,23-9-17(29(46,47)48)3-18(10-23)30(49,50)51)24-11-19(31(52,53)54)4-20(12-24)32(55,56)57;1-12-10-15(17(8)13(2,3)4)16(11-12)18(9)14(5,6)7;1-2-4-6-8-7-5-3-1;/h1-12H;1,10-11H2,2-9H3;1-2,7-8H,3-6H2;/q-1;;;/p+2/b;;2-1-,8-7-;. The average molecular weight is 1360 g/mol. The molecule has 0 saturated carbocycles. The van der Waals surface area contributed by atoms with E-state index in [9.17, 15) is 105 Å². The van der Waals surface area contributed by atoms with Crippen LogP contribution in [0, 0.1) is 0 Å². The van der Waals surface area contributed by atoms with E-state index in [1.165, 1.54) is 31.3 Å². The van der Waals surface area contributed by atoms with E-state index in [2.05, 4.69) is 95.3 Å². The minimum atomic E-state index is -6.13. The maximum Gasteiger partial charge on any atom is 0.416 e. The Labute approximate surface area is 484 Å². The Hall–Kier alpha value is -4.11. The molecule has 471 valence electrons. The smallest absolute Gasteiger partial charge is 0.194 e. The molecule has 2 nitrogen and oxygen atoms in total. The normalized spacial score (nSPS) is 17.4. The summed E-state index contributed by atoms with van der Waals surface area (Å²) in [7, 11) is -1.09. The van der Waals surface area contributed by atoms with Gasteiger partial charge in [0.2, 0.25) is 0 Å². The Morgan fingerprint density at radius 2 is 0.476 bits per heavy atom. The number of allylic oxidation sites excluding steroid dienone is 4. The van der Waals surface area contributed by atoms with Crippen LogP contribution in [-0.4, -0.2) is 52.4 Å². The SMILES string of the molecule is C1=C\CC/C=C\CC/1.C=C1CN([PH+](C)C(C)(C)C)N([PH+](C)C(C)(C)C)C1.FC(F)(F)c1cc([B-](c2cc(C(F)(F)F)cc(C(F)(F)F)c2)(c2cc(C(F)(F)F)cc(C(F)(F)F)c2)c2cc(C(F)(F)F)cc(C(F)(F)F)c2)cc(C(F)(F)F)c1.[Rh]. The van der Waals surface area contributed by atoms with Crippen molar-refractivity contribution in [3.8, 4) is 0 Å². The third-order valence-electron chi connectivity index (χ3n) is 13.8. The summed E-state index contributed by atoms with van der Waals surface area (Å²) in [6, 6.07) is -8.81. The Bertz CT molecular complexity index is 2480. The second-order valence-corrected chi connectivity index (χ2v) is 28.2. The molecule has 2 aliphatic rings. The van der Waals surface area contributed by atoms with Gasteiger partial charge in [0.25, 0.3) is 0 Å². The molecule has 0 aromatic heterocycles. The number of halogens is 24. The van der Waals surface area contributed by atoms with E-state index >= 15 is 0 Å². The number of alkyl halides is 24. The number of hydrogen-bond donors (Lipinski definition) is 0. The minimum absolute atomic E-state index is 0. The fourth-order valence-corrected chi connectivity index (χ4v) is 13.2. The second-order valence-electron chi connectivity index (χ2n) is 21.9. The summed E-state index contributed by atoms with van der Waals surface area (Å²) in [6.07, 6.45) is -40.8. The van der Waals surface area contributed by atoms with E-state index in [0.717, 1.165) is 13.1 Å². The summed E-state index contributed by atoms with van der Waals surface area (Å²) in [5.74, 6) is 0. The molecule has 1 aliphatic carbocycles. The molecule has 1 radical (unpaired) electrons. The van der Waals surface area contributed by atoms with Gasteiger partial charge in [-0.1, -0.05) is 89.0 Å².